The first-order valence-electron chi connectivity index (χ1n) is 11.5. The summed E-state index contributed by atoms with van der Waals surface area (Å²) in [7, 11) is 0. The monoisotopic (exact) mass is 361 g/mol. The smallest absolute Gasteiger partial charge is 0.247 e. The van der Waals surface area contributed by atoms with E-state index in [1.54, 1.807) is 0 Å². The van der Waals surface area contributed by atoms with Crippen LogP contribution in [0.1, 0.15) is 116 Å². The van der Waals surface area contributed by atoms with Gasteiger partial charge in [0.15, 0.2) is 0 Å². The Hall–Kier alpha value is -1.05. The van der Waals surface area contributed by atoms with Crippen LogP contribution >= 0.6 is 0 Å². The van der Waals surface area contributed by atoms with Crippen LogP contribution in [0.5, 0.6) is 0 Å². The van der Waals surface area contributed by atoms with Crippen LogP contribution in [0.25, 0.3) is 0 Å². The first-order chi connectivity index (χ1) is 12.8. The fourth-order valence-corrected chi connectivity index (χ4v) is 3.60. The molecule has 0 aromatic heterocycles. The molecule has 0 heterocycles. The molecule has 2 heteroatoms. The molecule has 150 valence electrons. The minimum absolute atomic E-state index is 0.121. The van der Waals surface area contributed by atoms with Gasteiger partial charge in [0.05, 0.1) is 0 Å². The van der Waals surface area contributed by atoms with E-state index in [0.29, 0.717) is 0 Å². The van der Waals surface area contributed by atoms with Crippen LogP contribution in [0.15, 0.2) is 23.8 Å². The van der Waals surface area contributed by atoms with E-state index in [-0.39, 0.29) is 5.91 Å². The van der Waals surface area contributed by atoms with Gasteiger partial charge in [-0.15, -0.1) is 0 Å². The minimum Gasteiger partial charge on any atom is -0.352 e. The maximum absolute atomic E-state index is 11.8. The third-order valence-electron chi connectivity index (χ3n) is 5.38. The van der Waals surface area contributed by atoms with Crippen molar-refractivity contribution in [2.45, 2.75) is 116 Å². The molecule has 1 aliphatic carbocycles. The molecular formula is C24H43NO. The summed E-state index contributed by atoms with van der Waals surface area (Å²) in [5.41, 5.74) is 0.904. The summed E-state index contributed by atoms with van der Waals surface area (Å²) in [6.07, 6.45) is 28.9. The number of hydrogen-bond donors (Lipinski definition) is 1. The lowest BCUT2D eigenvalue weighted by molar-refractivity contribution is -0.117. The Kier molecular flexibility index (Phi) is 15.4. The van der Waals surface area contributed by atoms with Crippen LogP contribution in [0, 0.1) is 0 Å². The summed E-state index contributed by atoms with van der Waals surface area (Å²) >= 11 is 0. The fourth-order valence-electron chi connectivity index (χ4n) is 3.60. The number of carbonyl (C=O) groups excluding carboxylic acids is 1. The van der Waals surface area contributed by atoms with Crippen molar-refractivity contribution in [2.75, 3.05) is 6.54 Å². The average molecular weight is 362 g/mol. The van der Waals surface area contributed by atoms with Gasteiger partial charge in [-0.3, -0.25) is 4.79 Å². The van der Waals surface area contributed by atoms with Gasteiger partial charge in [0.25, 0.3) is 0 Å². The summed E-state index contributed by atoms with van der Waals surface area (Å²) in [4.78, 5) is 11.8. The van der Waals surface area contributed by atoms with E-state index < -0.39 is 0 Å². The molecule has 1 rings (SSSR count). The minimum atomic E-state index is 0.121. The SMILES string of the molecule is CCCCCCCCCCCCCCCCCCNC(=O)C1=CC=CC1. The van der Waals surface area contributed by atoms with Gasteiger partial charge in [0.1, 0.15) is 0 Å². The van der Waals surface area contributed by atoms with Crippen LogP contribution in [0.3, 0.4) is 0 Å². The third-order valence-corrected chi connectivity index (χ3v) is 5.38. The molecule has 0 saturated heterocycles. The van der Waals surface area contributed by atoms with Crippen LogP contribution in [0.4, 0.5) is 0 Å². The normalized spacial score (nSPS) is 13.2. The molecule has 0 bridgehead atoms. The lowest BCUT2D eigenvalue weighted by Gasteiger charge is -2.06. The number of rotatable bonds is 18. The van der Waals surface area contributed by atoms with Crippen molar-refractivity contribution in [3.63, 3.8) is 0 Å². The maximum Gasteiger partial charge on any atom is 0.247 e. The maximum atomic E-state index is 11.8. The summed E-state index contributed by atoms with van der Waals surface area (Å²) in [6, 6.07) is 0. The lowest BCUT2D eigenvalue weighted by atomic mass is 10.0. The van der Waals surface area contributed by atoms with Crippen LogP contribution < -0.4 is 5.32 Å². The van der Waals surface area contributed by atoms with Gasteiger partial charge in [0.2, 0.25) is 5.91 Å². The Morgan fingerprint density at radius 3 is 1.65 bits per heavy atom. The number of amides is 1. The van der Waals surface area contributed by atoms with Gasteiger partial charge in [0, 0.05) is 12.1 Å². The van der Waals surface area contributed by atoms with E-state index in [2.05, 4.69) is 12.2 Å². The third kappa shape index (κ3) is 13.2. The van der Waals surface area contributed by atoms with Gasteiger partial charge in [-0.1, -0.05) is 121 Å². The molecule has 1 aliphatic rings. The summed E-state index contributed by atoms with van der Waals surface area (Å²) in [5, 5.41) is 3.03. The average Bonchev–Trinajstić information content (AvgIpc) is 3.19. The zero-order valence-electron chi connectivity index (χ0n) is 17.4. The van der Waals surface area contributed by atoms with E-state index in [9.17, 15) is 4.79 Å². The van der Waals surface area contributed by atoms with Gasteiger partial charge in [-0.2, -0.15) is 0 Å². The van der Waals surface area contributed by atoms with Crippen molar-refractivity contribution in [1.29, 1.82) is 0 Å². The number of unbranched alkanes of at least 4 members (excludes halogenated alkanes) is 15. The molecule has 0 unspecified atom stereocenters. The van der Waals surface area contributed by atoms with Crippen molar-refractivity contribution < 1.29 is 4.79 Å². The highest BCUT2D eigenvalue weighted by Gasteiger charge is 2.08. The molecule has 2 nitrogen and oxygen atoms in total. The molecule has 0 fully saturated rings. The first-order valence-corrected chi connectivity index (χ1v) is 11.5. The second-order valence-electron chi connectivity index (χ2n) is 7.88. The van der Waals surface area contributed by atoms with Crippen LogP contribution in [-0.2, 0) is 4.79 Å². The van der Waals surface area contributed by atoms with E-state index in [0.717, 1.165) is 25.0 Å². The molecule has 0 saturated carbocycles. The molecular weight excluding hydrogens is 318 g/mol. The highest BCUT2D eigenvalue weighted by Crippen LogP contribution is 2.14. The fraction of sp³-hybridized carbons (Fsp3) is 0.792. The number of allylic oxidation sites excluding steroid dienone is 3. The van der Waals surface area contributed by atoms with Crippen molar-refractivity contribution in [1.82, 2.24) is 5.32 Å². The first kappa shape index (κ1) is 23.0. The Morgan fingerprint density at radius 2 is 1.23 bits per heavy atom. The number of carbonyl (C=O) groups is 1. The Morgan fingerprint density at radius 1 is 0.769 bits per heavy atom. The van der Waals surface area contributed by atoms with Crippen molar-refractivity contribution >= 4 is 5.91 Å². The van der Waals surface area contributed by atoms with Crippen molar-refractivity contribution in [3.8, 4) is 0 Å². The molecule has 26 heavy (non-hydrogen) atoms. The standard InChI is InChI=1S/C24H43NO/c1-2-3-4-5-6-7-8-9-10-11-12-13-14-15-16-19-22-25-24(26)23-20-17-18-21-23/h17-18,20H,2-16,19,21-22H2,1H3,(H,25,26). The zero-order valence-corrected chi connectivity index (χ0v) is 17.4. The number of hydrogen-bond acceptors (Lipinski definition) is 1. The van der Waals surface area contributed by atoms with Gasteiger partial charge < -0.3 is 5.32 Å². The van der Waals surface area contributed by atoms with Crippen molar-refractivity contribution in [3.05, 3.63) is 23.8 Å². The molecule has 1 amide bonds. The van der Waals surface area contributed by atoms with Crippen LogP contribution in [-0.4, -0.2) is 12.5 Å². The largest absolute Gasteiger partial charge is 0.352 e. The van der Waals surface area contributed by atoms with Gasteiger partial charge in [-0.25, -0.2) is 0 Å². The molecule has 0 aliphatic heterocycles. The van der Waals surface area contributed by atoms with E-state index >= 15 is 0 Å². The van der Waals surface area contributed by atoms with Crippen LogP contribution in [0.2, 0.25) is 0 Å². The summed E-state index contributed by atoms with van der Waals surface area (Å²) in [6.45, 7) is 3.11. The van der Waals surface area contributed by atoms with Gasteiger partial charge >= 0.3 is 0 Å². The Bertz CT molecular complexity index is 397. The molecule has 0 spiro atoms. The molecule has 1 N–H and O–H groups in total. The quantitative estimate of drug-likeness (QED) is 0.256. The zero-order chi connectivity index (χ0) is 18.7. The predicted molar refractivity (Wildman–Crippen MR) is 114 cm³/mol. The second-order valence-corrected chi connectivity index (χ2v) is 7.88. The molecule has 0 atom stereocenters. The Balaban J connectivity index is 1.70. The topological polar surface area (TPSA) is 29.1 Å². The Labute approximate surface area is 162 Å². The molecule has 0 aromatic rings. The highest BCUT2D eigenvalue weighted by molar-refractivity contribution is 5.94. The van der Waals surface area contributed by atoms with Crippen molar-refractivity contribution in [2.24, 2.45) is 0 Å². The summed E-state index contributed by atoms with van der Waals surface area (Å²) in [5.74, 6) is 0.121. The predicted octanol–water partition coefficient (Wildman–Crippen LogP) is 7.25. The van der Waals surface area contributed by atoms with Gasteiger partial charge in [-0.05, 0) is 12.8 Å². The van der Waals surface area contributed by atoms with E-state index in [1.165, 1.54) is 96.3 Å². The summed E-state index contributed by atoms with van der Waals surface area (Å²) < 4.78 is 0. The van der Waals surface area contributed by atoms with E-state index in [4.69, 9.17) is 0 Å². The van der Waals surface area contributed by atoms with E-state index in [1.807, 2.05) is 18.2 Å². The number of nitrogens with one attached hydrogen (secondary N) is 1. The molecule has 0 radical (unpaired) electrons. The second kappa shape index (κ2) is 17.4. The molecule has 0 aromatic carbocycles. The lowest BCUT2D eigenvalue weighted by Crippen LogP contribution is -2.25. The highest BCUT2D eigenvalue weighted by atomic mass is 16.1.